The third-order valence-electron chi connectivity index (χ3n) is 4.56. The number of nitrogens with zero attached hydrogens (tertiary/aromatic N) is 2. The fourth-order valence-corrected chi connectivity index (χ4v) is 2.98. The lowest BCUT2D eigenvalue weighted by molar-refractivity contribution is -0.131. The molecular weight excluding hydrogens is 346 g/mol. The van der Waals surface area contributed by atoms with Gasteiger partial charge in [-0.15, -0.1) is 0 Å². The van der Waals surface area contributed by atoms with Crippen molar-refractivity contribution in [2.24, 2.45) is 0 Å². The van der Waals surface area contributed by atoms with Crippen LogP contribution in [-0.2, 0) is 21.6 Å². The highest BCUT2D eigenvalue weighted by molar-refractivity contribution is 6.07. The third-order valence-corrected chi connectivity index (χ3v) is 4.56. The average molecular weight is 363 g/mol. The third kappa shape index (κ3) is 3.25. The molecule has 1 aliphatic rings. The molecule has 1 fully saturated rings. The van der Waals surface area contributed by atoms with E-state index in [0.29, 0.717) is 22.3 Å². The molecule has 1 aliphatic heterocycles. The SMILES string of the molecule is COC(=O)c1ccc(CN2C(=O)NC(C)(c3cccc(C#N)c3)C2=O)cc1. The highest BCUT2D eigenvalue weighted by atomic mass is 16.5. The van der Waals surface area contributed by atoms with Gasteiger partial charge in [-0.2, -0.15) is 5.26 Å². The van der Waals surface area contributed by atoms with Crippen LogP contribution < -0.4 is 5.32 Å². The lowest BCUT2D eigenvalue weighted by Gasteiger charge is -2.22. The molecule has 2 aromatic rings. The van der Waals surface area contributed by atoms with Crippen molar-refractivity contribution >= 4 is 17.9 Å². The molecule has 27 heavy (non-hydrogen) atoms. The first-order valence-electron chi connectivity index (χ1n) is 8.21. The molecule has 136 valence electrons. The van der Waals surface area contributed by atoms with E-state index in [1.807, 2.05) is 6.07 Å². The van der Waals surface area contributed by atoms with Crippen LogP contribution in [0.4, 0.5) is 4.79 Å². The number of amides is 3. The number of imide groups is 1. The summed E-state index contributed by atoms with van der Waals surface area (Å²) >= 11 is 0. The van der Waals surface area contributed by atoms with Crippen LogP contribution in [0.1, 0.15) is 34.0 Å². The molecule has 0 saturated carbocycles. The summed E-state index contributed by atoms with van der Waals surface area (Å²) in [7, 11) is 1.30. The van der Waals surface area contributed by atoms with Crippen molar-refractivity contribution in [3.8, 4) is 6.07 Å². The minimum Gasteiger partial charge on any atom is -0.465 e. The highest BCUT2D eigenvalue weighted by Gasteiger charge is 2.48. The molecule has 1 heterocycles. The van der Waals surface area contributed by atoms with Gasteiger partial charge < -0.3 is 10.1 Å². The number of hydrogen-bond donors (Lipinski definition) is 1. The topological polar surface area (TPSA) is 99.5 Å². The molecule has 7 heteroatoms. The van der Waals surface area contributed by atoms with E-state index in [1.165, 1.54) is 7.11 Å². The van der Waals surface area contributed by atoms with Crippen LogP contribution in [0.2, 0.25) is 0 Å². The van der Waals surface area contributed by atoms with Crippen molar-refractivity contribution in [3.63, 3.8) is 0 Å². The van der Waals surface area contributed by atoms with E-state index in [9.17, 15) is 14.4 Å². The summed E-state index contributed by atoms with van der Waals surface area (Å²) in [6, 6.07) is 14.6. The number of nitrogens with one attached hydrogen (secondary N) is 1. The molecule has 1 atom stereocenters. The zero-order valence-electron chi connectivity index (χ0n) is 14.9. The van der Waals surface area contributed by atoms with E-state index < -0.39 is 23.4 Å². The van der Waals surface area contributed by atoms with Gasteiger partial charge in [-0.05, 0) is 42.3 Å². The first-order valence-corrected chi connectivity index (χ1v) is 8.21. The van der Waals surface area contributed by atoms with Gasteiger partial charge >= 0.3 is 12.0 Å². The molecule has 0 spiro atoms. The zero-order chi connectivity index (χ0) is 19.6. The number of nitriles is 1. The van der Waals surface area contributed by atoms with Gasteiger partial charge in [0.05, 0.1) is 30.9 Å². The molecule has 0 aromatic heterocycles. The normalized spacial score (nSPS) is 18.8. The fourth-order valence-electron chi connectivity index (χ4n) is 2.98. The Balaban J connectivity index is 1.84. The molecule has 0 aliphatic carbocycles. The maximum Gasteiger partial charge on any atom is 0.337 e. The van der Waals surface area contributed by atoms with Crippen molar-refractivity contribution in [2.75, 3.05) is 7.11 Å². The lowest BCUT2D eigenvalue weighted by Crippen LogP contribution is -2.40. The van der Waals surface area contributed by atoms with Crippen LogP contribution in [0, 0.1) is 11.3 Å². The minimum absolute atomic E-state index is 0.0691. The van der Waals surface area contributed by atoms with Crippen molar-refractivity contribution < 1.29 is 19.1 Å². The Labute approximate surface area is 156 Å². The Kier molecular flexibility index (Phi) is 4.65. The number of esters is 1. The predicted molar refractivity (Wildman–Crippen MR) is 95.4 cm³/mol. The van der Waals surface area contributed by atoms with E-state index in [-0.39, 0.29) is 6.54 Å². The van der Waals surface area contributed by atoms with Crippen LogP contribution >= 0.6 is 0 Å². The Hall–Kier alpha value is -3.66. The number of hydrogen-bond acceptors (Lipinski definition) is 5. The van der Waals surface area contributed by atoms with Crippen LogP contribution in [0.5, 0.6) is 0 Å². The molecule has 0 radical (unpaired) electrons. The van der Waals surface area contributed by atoms with E-state index in [1.54, 1.807) is 55.5 Å². The Morgan fingerprint density at radius 3 is 2.56 bits per heavy atom. The second-order valence-corrected chi connectivity index (χ2v) is 6.33. The number of urea groups is 1. The smallest absolute Gasteiger partial charge is 0.337 e. The van der Waals surface area contributed by atoms with E-state index in [4.69, 9.17) is 5.26 Å². The molecule has 0 bridgehead atoms. The Morgan fingerprint density at radius 1 is 1.22 bits per heavy atom. The Morgan fingerprint density at radius 2 is 1.93 bits per heavy atom. The largest absolute Gasteiger partial charge is 0.465 e. The van der Waals surface area contributed by atoms with Crippen LogP contribution in [-0.4, -0.2) is 29.9 Å². The molecule has 1 saturated heterocycles. The monoisotopic (exact) mass is 363 g/mol. The van der Waals surface area contributed by atoms with Gasteiger partial charge in [-0.1, -0.05) is 24.3 Å². The summed E-state index contributed by atoms with van der Waals surface area (Å²) in [4.78, 5) is 38.0. The number of methoxy groups -OCH3 is 1. The second kappa shape index (κ2) is 6.92. The number of ether oxygens (including phenoxy) is 1. The van der Waals surface area contributed by atoms with E-state index >= 15 is 0 Å². The number of benzene rings is 2. The zero-order valence-corrected chi connectivity index (χ0v) is 14.9. The van der Waals surface area contributed by atoms with Gasteiger partial charge in [0.2, 0.25) is 0 Å². The summed E-state index contributed by atoms with van der Waals surface area (Å²) in [5.41, 5.74) is 0.796. The highest BCUT2D eigenvalue weighted by Crippen LogP contribution is 2.30. The molecule has 1 unspecified atom stereocenters. The first-order chi connectivity index (χ1) is 12.9. The number of carbonyl (C=O) groups excluding carboxylic acids is 3. The molecule has 1 N–H and O–H groups in total. The van der Waals surface area contributed by atoms with Crippen LogP contribution in [0.3, 0.4) is 0 Å². The predicted octanol–water partition coefficient (Wildman–Crippen LogP) is 2.31. The van der Waals surface area contributed by atoms with Gasteiger partial charge in [0.15, 0.2) is 0 Å². The summed E-state index contributed by atoms with van der Waals surface area (Å²) in [6.45, 7) is 1.68. The van der Waals surface area contributed by atoms with E-state index in [0.717, 1.165) is 4.90 Å². The summed E-state index contributed by atoms with van der Waals surface area (Å²) in [5.74, 6) is -0.860. The standard InChI is InChI=1S/C20H17N3O4/c1-20(16-5-3-4-14(10-16)11-21)18(25)23(19(26)22-20)12-13-6-8-15(9-7-13)17(24)27-2/h3-10H,12H2,1-2H3,(H,22,26). The second-order valence-electron chi connectivity index (χ2n) is 6.33. The maximum atomic E-state index is 12.9. The van der Waals surface area contributed by atoms with E-state index in [2.05, 4.69) is 10.1 Å². The maximum absolute atomic E-state index is 12.9. The van der Waals surface area contributed by atoms with Gasteiger partial charge in [0.25, 0.3) is 5.91 Å². The summed E-state index contributed by atoms with van der Waals surface area (Å²) in [5, 5.41) is 11.8. The van der Waals surface area contributed by atoms with Gasteiger partial charge in [-0.25, -0.2) is 9.59 Å². The van der Waals surface area contributed by atoms with Gasteiger partial charge in [-0.3, -0.25) is 9.69 Å². The van der Waals surface area contributed by atoms with Crippen LogP contribution in [0.25, 0.3) is 0 Å². The fraction of sp³-hybridized carbons (Fsp3) is 0.200. The molecular formula is C20H17N3O4. The van der Waals surface area contributed by atoms with Crippen molar-refractivity contribution in [1.82, 2.24) is 10.2 Å². The Bertz CT molecular complexity index is 962. The van der Waals surface area contributed by atoms with Crippen molar-refractivity contribution in [3.05, 3.63) is 70.8 Å². The van der Waals surface area contributed by atoms with Crippen molar-refractivity contribution in [2.45, 2.75) is 19.0 Å². The van der Waals surface area contributed by atoms with Gasteiger partial charge in [0.1, 0.15) is 5.54 Å². The molecule has 3 amide bonds. The van der Waals surface area contributed by atoms with Crippen molar-refractivity contribution in [1.29, 1.82) is 5.26 Å². The number of rotatable bonds is 4. The first kappa shape index (κ1) is 18.1. The van der Waals surface area contributed by atoms with Gasteiger partial charge in [0, 0.05) is 0 Å². The minimum atomic E-state index is -1.24. The van der Waals surface area contributed by atoms with Crippen LogP contribution in [0.15, 0.2) is 48.5 Å². The average Bonchev–Trinajstić information content (AvgIpc) is 2.92. The quantitative estimate of drug-likeness (QED) is 0.664. The summed E-state index contributed by atoms with van der Waals surface area (Å²) < 4.78 is 4.65. The molecule has 2 aromatic carbocycles. The molecule has 7 nitrogen and oxygen atoms in total. The summed E-state index contributed by atoms with van der Waals surface area (Å²) in [6.07, 6.45) is 0. The lowest BCUT2D eigenvalue weighted by atomic mass is 9.91. The number of carbonyl (C=O) groups is 3. The molecule has 3 rings (SSSR count).